The summed E-state index contributed by atoms with van der Waals surface area (Å²) in [6.45, 7) is 4.28. The number of aryl methyl sites for hydroxylation is 2. The summed E-state index contributed by atoms with van der Waals surface area (Å²) in [6.07, 6.45) is 0. The SMILES string of the molecule is Cc1ccc(-c2c3ccc([nH]3)c(-c3ccc(C)cc3)c3ccc(s3)c(-c3ccccc3)c#cc(-c3ccccc3)c3ccc2s3)cc1. The van der Waals surface area contributed by atoms with Crippen LogP contribution < -0.4 is 0 Å². The van der Waals surface area contributed by atoms with Gasteiger partial charge in [0.25, 0.3) is 0 Å². The molecule has 0 aliphatic heterocycles. The second-order valence-corrected chi connectivity index (χ2v) is 14.0. The van der Waals surface area contributed by atoms with Gasteiger partial charge in [-0.1, -0.05) is 132 Å². The molecule has 0 aliphatic rings. The van der Waals surface area contributed by atoms with Crippen LogP contribution in [0.15, 0.2) is 146 Å². The molecule has 4 aromatic carbocycles. The van der Waals surface area contributed by atoms with E-state index in [1.165, 1.54) is 42.8 Å². The highest BCUT2D eigenvalue weighted by atomic mass is 32.1. The normalized spacial score (nSPS) is 11.0. The summed E-state index contributed by atoms with van der Waals surface area (Å²) in [7, 11) is 0. The lowest BCUT2D eigenvalue weighted by Crippen LogP contribution is -1.81. The van der Waals surface area contributed by atoms with Crippen LogP contribution in [0.4, 0.5) is 0 Å². The molecular formula is C44H31NS2. The number of hydrogen-bond donors (Lipinski definition) is 1. The molecule has 1 nitrogen and oxygen atoms in total. The van der Waals surface area contributed by atoms with Crippen molar-refractivity contribution in [2.45, 2.75) is 13.8 Å². The molecule has 4 aromatic heterocycles. The fourth-order valence-electron chi connectivity index (χ4n) is 6.09. The molecule has 8 rings (SSSR count). The number of aromatic nitrogens is 1. The van der Waals surface area contributed by atoms with E-state index in [1.54, 1.807) is 22.7 Å². The van der Waals surface area contributed by atoms with Crippen molar-refractivity contribution in [2.24, 2.45) is 0 Å². The lowest BCUT2D eigenvalue weighted by Gasteiger charge is -2.05. The monoisotopic (exact) mass is 637 g/mol. The first-order valence-corrected chi connectivity index (χ1v) is 17.4. The van der Waals surface area contributed by atoms with Gasteiger partial charge >= 0.3 is 0 Å². The maximum absolute atomic E-state index is 3.89. The molecular weight excluding hydrogens is 607 g/mol. The van der Waals surface area contributed by atoms with Gasteiger partial charge in [-0.05, 0) is 72.5 Å². The minimum absolute atomic E-state index is 1.03. The molecule has 8 aromatic rings. The highest BCUT2D eigenvalue weighted by Crippen LogP contribution is 2.39. The third-order valence-corrected chi connectivity index (χ3v) is 10.8. The van der Waals surface area contributed by atoms with Gasteiger partial charge in [-0.15, -0.1) is 22.7 Å². The summed E-state index contributed by atoms with van der Waals surface area (Å²) in [5, 5.41) is 0. The van der Waals surface area contributed by atoms with Crippen LogP contribution in [-0.4, -0.2) is 4.98 Å². The second kappa shape index (κ2) is 12.4. The fraction of sp³-hybridized carbons (Fsp3) is 0.0455. The molecule has 0 saturated carbocycles. The number of nitrogens with one attached hydrogen (secondary N) is 1. The Morgan fingerprint density at radius 1 is 0.383 bits per heavy atom. The van der Waals surface area contributed by atoms with E-state index in [1.807, 2.05) is 0 Å². The summed E-state index contributed by atoms with van der Waals surface area (Å²) in [5.41, 5.74) is 13.7. The van der Waals surface area contributed by atoms with Crippen molar-refractivity contribution in [3.05, 3.63) is 169 Å². The number of rotatable bonds is 4. The molecule has 224 valence electrons. The maximum Gasteiger partial charge on any atom is 0.0493 e. The minimum Gasteiger partial charge on any atom is -0.354 e. The van der Waals surface area contributed by atoms with Crippen molar-refractivity contribution in [1.29, 1.82) is 0 Å². The Kier molecular flexibility index (Phi) is 7.67. The van der Waals surface area contributed by atoms with Crippen LogP contribution in [0, 0.1) is 26.0 Å². The predicted octanol–water partition coefficient (Wildman–Crippen LogP) is 13.2. The number of hydrogen-bond acceptors (Lipinski definition) is 2. The summed E-state index contributed by atoms with van der Waals surface area (Å²) >= 11 is 3.59. The van der Waals surface area contributed by atoms with E-state index in [2.05, 4.69) is 177 Å². The number of benzene rings is 4. The highest BCUT2D eigenvalue weighted by Gasteiger charge is 2.12. The lowest BCUT2D eigenvalue weighted by molar-refractivity contribution is 1.47. The molecule has 0 radical (unpaired) electrons. The molecule has 0 saturated heterocycles. The van der Waals surface area contributed by atoms with Gasteiger partial charge in [-0.3, -0.25) is 0 Å². The molecule has 1 N–H and O–H groups in total. The van der Waals surface area contributed by atoms with Crippen LogP contribution in [0.25, 0.3) is 74.3 Å². The van der Waals surface area contributed by atoms with Crippen molar-refractivity contribution >= 4 is 52.5 Å². The number of aromatic amines is 1. The maximum atomic E-state index is 3.89. The smallest absolute Gasteiger partial charge is 0.0493 e. The van der Waals surface area contributed by atoms with Gasteiger partial charge in [0, 0.05) is 52.1 Å². The van der Waals surface area contributed by atoms with Crippen LogP contribution in [0.5, 0.6) is 0 Å². The van der Waals surface area contributed by atoms with E-state index in [9.17, 15) is 0 Å². The molecule has 0 spiro atoms. The molecule has 4 heterocycles. The van der Waals surface area contributed by atoms with Gasteiger partial charge < -0.3 is 4.98 Å². The Balaban J connectivity index is 1.56. The van der Waals surface area contributed by atoms with E-state index in [0.717, 1.165) is 42.7 Å². The van der Waals surface area contributed by atoms with Gasteiger partial charge in [0.15, 0.2) is 0 Å². The first kappa shape index (κ1) is 29.0. The zero-order chi connectivity index (χ0) is 31.7. The first-order valence-electron chi connectivity index (χ1n) is 15.8. The number of H-pyrrole nitrogens is 1. The largest absolute Gasteiger partial charge is 0.354 e. The predicted molar refractivity (Wildman–Crippen MR) is 204 cm³/mol. The van der Waals surface area contributed by atoms with Crippen LogP contribution in [-0.2, 0) is 0 Å². The Morgan fingerprint density at radius 2 is 0.766 bits per heavy atom. The number of fused-ring (bicyclic) bond motifs is 6. The lowest BCUT2D eigenvalue weighted by atomic mass is 10.0. The standard InChI is InChI=1S/C44H31NS2/c1-29-13-17-33(18-14-29)43-37-23-24-38(45-37)44(34-19-15-30(2)16-20-34)42-28-26-40(47-42)36(32-11-7-4-8-12-32)22-21-35(31-9-5-3-6-10-31)39-25-27-41(43)46-39/h3-20,23-28,45H,1-2H3. The Hall–Kier alpha value is -5.40. The van der Waals surface area contributed by atoms with Gasteiger partial charge in [-0.25, -0.2) is 0 Å². The zero-order valence-corrected chi connectivity index (χ0v) is 27.8. The highest BCUT2D eigenvalue weighted by molar-refractivity contribution is 7.24. The van der Waals surface area contributed by atoms with E-state index in [0.29, 0.717) is 0 Å². The Labute approximate surface area is 283 Å². The molecule has 0 fully saturated rings. The molecule has 47 heavy (non-hydrogen) atoms. The topological polar surface area (TPSA) is 15.8 Å². The van der Waals surface area contributed by atoms with Crippen LogP contribution in [0.3, 0.4) is 0 Å². The quantitative estimate of drug-likeness (QED) is 0.198. The Bertz CT molecular complexity index is 2270. The number of thiophene rings is 2. The van der Waals surface area contributed by atoms with Crippen molar-refractivity contribution < 1.29 is 0 Å². The van der Waals surface area contributed by atoms with E-state index < -0.39 is 0 Å². The van der Waals surface area contributed by atoms with Crippen molar-refractivity contribution in [2.75, 3.05) is 0 Å². The molecule has 0 aliphatic carbocycles. The van der Waals surface area contributed by atoms with Crippen LogP contribution in [0.2, 0.25) is 0 Å². The molecule has 3 heteroatoms. The van der Waals surface area contributed by atoms with Crippen molar-refractivity contribution in [3.8, 4) is 44.5 Å². The van der Waals surface area contributed by atoms with Crippen LogP contribution in [0.1, 0.15) is 11.1 Å². The van der Waals surface area contributed by atoms with Crippen molar-refractivity contribution in [3.63, 3.8) is 0 Å². The fourth-order valence-corrected chi connectivity index (χ4v) is 8.31. The third-order valence-electron chi connectivity index (χ3n) is 8.54. The van der Waals surface area contributed by atoms with E-state index in [-0.39, 0.29) is 0 Å². The zero-order valence-electron chi connectivity index (χ0n) is 26.2. The van der Waals surface area contributed by atoms with Gasteiger partial charge in [0.1, 0.15) is 0 Å². The average Bonchev–Trinajstić information content (AvgIpc) is 3.89. The van der Waals surface area contributed by atoms with Crippen molar-refractivity contribution in [1.82, 2.24) is 4.98 Å². The van der Waals surface area contributed by atoms with Gasteiger partial charge in [0.2, 0.25) is 0 Å². The summed E-state index contributed by atoms with van der Waals surface area (Å²) in [5.74, 6) is 0. The van der Waals surface area contributed by atoms with Crippen LogP contribution >= 0.6 is 22.7 Å². The molecule has 0 atom stereocenters. The minimum atomic E-state index is 1.03. The summed E-state index contributed by atoms with van der Waals surface area (Å²) in [4.78, 5) is 3.89. The van der Waals surface area contributed by atoms with Gasteiger partial charge in [-0.2, -0.15) is 0 Å². The second-order valence-electron chi connectivity index (χ2n) is 11.8. The van der Waals surface area contributed by atoms with E-state index in [4.69, 9.17) is 0 Å². The van der Waals surface area contributed by atoms with E-state index >= 15 is 0 Å². The third kappa shape index (κ3) is 5.75. The first-order chi connectivity index (χ1) is 23.1. The Morgan fingerprint density at radius 3 is 1.17 bits per heavy atom. The van der Waals surface area contributed by atoms with Gasteiger partial charge in [0.05, 0.1) is 0 Å². The average molecular weight is 638 g/mol. The molecule has 0 unspecified atom stereocenters. The molecule has 0 amide bonds. The summed E-state index contributed by atoms with van der Waals surface area (Å²) < 4.78 is 4.70. The molecule has 6 bridgehead atoms. The summed E-state index contributed by atoms with van der Waals surface area (Å²) in [6, 6.07) is 59.7.